The van der Waals surface area contributed by atoms with E-state index < -0.39 is 36.2 Å². The molecule has 0 spiro atoms. The van der Waals surface area contributed by atoms with E-state index in [-0.39, 0.29) is 16.4 Å². The van der Waals surface area contributed by atoms with Crippen molar-refractivity contribution in [1.29, 1.82) is 0 Å². The van der Waals surface area contributed by atoms with Crippen molar-refractivity contribution in [3.63, 3.8) is 0 Å². The molecule has 2 aromatic carbocycles. The minimum Gasteiger partial charge on any atom is -0.493 e. The molecule has 3 amide bonds. The van der Waals surface area contributed by atoms with Crippen LogP contribution in [0.3, 0.4) is 0 Å². The Kier molecular flexibility index (Phi) is 7.73. The maximum atomic E-state index is 12.8. The average molecular weight is 471 g/mol. The number of carbonyl (C=O) groups is 4. The van der Waals surface area contributed by atoms with E-state index in [2.05, 4.69) is 5.32 Å². The number of amides is 3. The number of rotatable bonds is 9. The molecule has 1 fully saturated rings. The number of benzene rings is 2. The minimum atomic E-state index is -1.18. The van der Waals surface area contributed by atoms with E-state index in [0.717, 1.165) is 16.9 Å². The number of anilines is 1. The third-order valence-corrected chi connectivity index (χ3v) is 5.58. The van der Waals surface area contributed by atoms with Crippen molar-refractivity contribution >= 4 is 46.5 Å². The van der Waals surface area contributed by atoms with Crippen molar-refractivity contribution in [2.45, 2.75) is 13.3 Å². The van der Waals surface area contributed by atoms with Gasteiger partial charge >= 0.3 is 5.97 Å². The van der Waals surface area contributed by atoms with Gasteiger partial charge in [-0.05, 0) is 48.0 Å². The van der Waals surface area contributed by atoms with Crippen LogP contribution < -0.4 is 14.8 Å². The highest BCUT2D eigenvalue weighted by Crippen LogP contribution is 2.37. The van der Waals surface area contributed by atoms with Gasteiger partial charge in [0.15, 0.2) is 18.1 Å². The molecule has 0 aliphatic carbocycles. The number of carboxylic acid groups (broad SMARTS) is 1. The van der Waals surface area contributed by atoms with Gasteiger partial charge in [-0.25, -0.2) is 4.79 Å². The zero-order chi connectivity index (χ0) is 24.0. The average Bonchev–Trinajstić information content (AvgIpc) is 3.05. The van der Waals surface area contributed by atoms with Crippen molar-refractivity contribution in [1.82, 2.24) is 4.90 Å². The Balaban J connectivity index is 1.75. The fraction of sp³-hybridized carbons (Fsp3) is 0.217. The van der Waals surface area contributed by atoms with Crippen molar-refractivity contribution < 1.29 is 33.8 Å². The van der Waals surface area contributed by atoms with E-state index in [1.54, 1.807) is 30.3 Å². The standard InChI is InChI=1S/C23H22N2O7S/c1-3-14-7-9-16(10-8-14)24-19(26)12-25-22(29)18(33-23(25)30)11-15-5-4-6-17(31-2)21(15)32-13-20(27)28/h4-11H,3,12-13H2,1-2H3,(H,24,26)(H,27,28)/b18-11+. The second kappa shape index (κ2) is 10.7. The second-order valence-corrected chi connectivity index (χ2v) is 7.92. The number of imide groups is 1. The number of hydrogen-bond donors (Lipinski definition) is 2. The molecular weight excluding hydrogens is 448 g/mol. The van der Waals surface area contributed by atoms with Gasteiger partial charge in [0.25, 0.3) is 11.1 Å². The molecule has 0 bridgehead atoms. The Morgan fingerprint density at radius 1 is 1.15 bits per heavy atom. The number of aryl methyl sites for hydroxylation is 1. The van der Waals surface area contributed by atoms with Gasteiger partial charge in [0.2, 0.25) is 5.91 Å². The second-order valence-electron chi connectivity index (χ2n) is 6.93. The number of carboxylic acids is 1. The van der Waals surface area contributed by atoms with Gasteiger partial charge in [0.05, 0.1) is 12.0 Å². The van der Waals surface area contributed by atoms with Gasteiger partial charge in [0, 0.05) is 11.3 Å². The summed E-state index contributed by atoms with van der Waals surface area (Å²) in [6.45, 7) is 0.980. The monoisotopic (exact) mass is 470 g/mol. The lowest BCUT2D eigenvalue weighted by molar-refractivity contribution is -0.139. The molecule has 0 saturated carbocycles. The molecule has 0 aromatic heterocycles. The largest absolute Gasteiger partial charge is 0.493 e. The first-order chi connectivity index (χ1) is 15.8. The normalized spacial score (nSPS) is 14.5. The van der Waals surface area contributed by atoms with Crippen LogP contribution in [0.25, 0.3) is 6.08 Å². The molecule has 2 N–H and O–H groups in total. The smallest absolute Gasteiger partial charge is 0.341 e. The van der Waals surface area contributed by atoms with Crippen molar-refractivity contribution in [3.8, 4) is 11.5 Å². The van der Waals surface area contributed by atoms with E-state index in [9.17, 15) is 19.2 Å². The number of nitrogens with zero attached hydrogens (tertiary/aromatic N) is 1. The molecule has 0 radical (unpaired) electrons. The summed E-state index contributed by atoms with van der Waals surface area (Å²) < 4.78 is 10.5. The number of aliphatic carboxylic acids is 1. The van der Waals surface area contributed by atoms with Gasteiger partial charge in [-0.2, -0.15) is 0 Å². The topological polar surface area (TPSA) is 122 Å². The van der Waals surface area contributed by atoms with Crippen LogP contribution in [0.4, 0.5) is 10.5 Å². The van der Waals surface area contributed by atoms with Gasteiger partial charge in [-0.3, -0.25) is 19.3 Å². The van der Waals surface area contributed by atoms with Crippen molar-refractivity contribution in [3.05, 3.63) is 58.5 Å². The van der Waals surface area contributed by atoms with Crippen LogP contribution in [0.1, 0.15) is 18.1 Å². The highest BCUT2D eigenvalue weighted by Gasteiger charge is 2.36. The first kappa shape index (κ1) is 23.9. The van der Waals surface area contributed by atoms with Gasteiger partial charge < -0.3 is 19.9 Å². The maximum Gasteiger partial charge on any atom is 0.341 e. The Morgan fingerprint density at radius 2 is 1.88 bits per heavy atom. The third kappa shape index (κ3) is 5.92. The molecular formula is C23H22N2O7S. The number of nitrogens with one attached hydrogen (secondary N) is 1. The van der Waals surface area contributed by atoms with E-state index in [4.69, 9.17) is 14.6 Å². The lowest BCUT2D eigenvalue weighted by Crippen LogP contribution is -2.36. The SMILES string of the molecule is CCc1ccc(NC(=O)CN2C(=O)S/C(=C/c3cccc(OC)c3OCC(=O)O)C2=O)cc1. The lowest BCUT2D eigenvalue weighted by atomic mass is 10.1. The molecule has 1 aliphatic rings. The Bertz CT molecular complexity index is 1110. The summed E-state index contributed by atoms with van der Waals surface area (Å²) in [7, 11) is 1.40. The highest BCUT2D eigenvalue weighted by atomic mass is 32.2. The fourth-order valence-corrected chi connectivity index (χ4v) is 3.87. The van der Waals surface area contributed by atoms with E-state index in [0.29, 0.717) is 23.0 Å². The molecule has 1 saturated heterocycles. The maximum absolute atomic E-state index is 12.8. The number of carbonyl (C=O) groups excluding carboxylic acids is 3. The van der Waals surface area contributed by atoms with E-state index >= 15 is 0 Å². The van der Waals surface area contributed by atoms with Crippen molar-refractivity contribution in [2.24, 2.45) is 0 Å². The Hall–Kier alpha value is -3.79. The highest BCUT2D eigenvalue weighted by molar-refractivity contribution is 8.18. The minimum absolute atomic E-state index is 0.0773. The summed E-state index contributed by atoms with van der Waals surface area (Å²) in [5.41, 5.74) is 2.05. The van der Waals surface area contributed by atoms with Crippen LogP contribution in [-0.4, -0.2) is 53.3 Å². The molecule has 9 nitrogen and oxygen atoms in total. The zero-order valence-corrected chi connectivity index (χ0v) is 18.8. The molecule has 0 atom stereocenters. The first-order valence-electron chi connectivity index (χ1n) is 9.98. The zero-order valence-electron chi connectivity index (χ0n) is 18.0. The molecule has 2 aromatic rings. The first-order valence-corrected chi connectivity index (χ1v) is 10.8. The summed E-state index contributed by atoms with van der Waals surface area (Å²) >= 11 is 0.682. The fourth-order valence-electron chi connectivity index (χ4n) is 3.04. The summed E-state index contributed by atoms with van der Waals surface area (Å²) in [6, 6.07) is 12.1. The summed E-state index contributed by atoms with van der Waals surface area (Å²) in [5, 5.41) is 11.0. The molecule has 1 heterocycles. The predicted octanol–water partition coefficient (Wildman–Crippen LogP) is 3.40. The number of thioether (sulfide) groups is 1. The molecule has 172 valence electrons. The molecule has 3 rings (SSSR count). The molecule has 33 heavy (non-hydrogen) atoms. The summed E-state index contributed by atoms with van der Waals surface area (Å²) in [5.74, 6) is -1.91. The van der Waals surface area contributed by atoms with Crippen LogP contribution in [0, 0.1) is 0 Å². The number of hydrogen-bond acceptors (Lipinski definition) is 7. The van der Waals surface area contributed by atoms with Crippen LogP contribution in [0.15, 0.2) is 47.4 Å². The number of methoxy groups -OCH3 is 1. The summed E-state index contributed by atoms with van der Waals surface area (Å²) in [4.78, 5) is 49.4. The van der Waals surface area contributed by atoms with E-state index in [1.165, 1.54) is 13.2 Å². The number of ether oxygens (including phenoxy) is 2. The van der Waals surface area contributed by atoms with Crippen molar-refractivity contribution in [2.75, 3.05) is 25.6 Å². The lowest BCUT2D eigenvalue weighted by Gasteiger charge is -2.13. The van der Waals surface area contributed by atoms with Crippen LogP contribution in [-0.2, 0) is 20.8 Å². The molecule has 0 unspecified atom stereocenters. The molecule has 1 aliphatic heterocycles. The van der Waals surface area contributed by atoms with Crippen LogP contribution in [0.5, 0.6) is 11.5 Å². The quantitative estimate of drug-likeness (QED) is 0.535. The van der Waals surface area contributed by atoms with E-state index in [1.807, 2.05) is 19.1 Å². The Morgan fingerprint density at radius 3 is 2.52 bits per heavy atom. The van der Waals surface area contributed by atoms with Gasteiger partial charge in [0.1, 0.15) is 6.54 Å². The Labute approximate surface area is 194 Å². The van der Waals surface area contributed by atoms with Gasteiger partial charge in [-0.15, -0.1) is 0 Å². The predicted molar refractivity (Wildman–Crippen MR) is 123 cm³/mol. The van der Waals surface area contributed by atoms with Gasteiger partial charge in [-0.1, -0.05) is 31.2 Å². The van der Waals surface area contributed by atoms with Crippen LogP contribution >= 0.6 is 11.8 Å². The summed E-state index contributed by atoms with van der Waals surface area (Å²) in [6.07, 6.45) is 2.28. The van der Waals surface area contributed by atoms with Crippen LogP contribution in [0.2, 0.25) is 0 Å². The molecule has 10 heteroatoms. The number of para-hydroxylation sites is 1. The third-order valence-electron chi connectivity index (χ3n) is 4.68.